The number of hydrogen-bond acceptors (Lipinski definition) is 3. The average Bonchev–Trinajstić information content (AvgIpc) is 2.62. The van der Waals surface area contributed by atoms with Crippen LogP contribution in [0.4, 0.5) is 0 Å². The van der Waals surface area contributed by atoms with Crippen molar-refractivity contribution in [1.82, 2.24) is 0 Å². The third-order valence-corrected chi connectivity index (χ3v) is 3.76. The first-order valence-electron chi connectivity index (χ1n) is 8.04. The molecule has 0 spiro atoms. The van der Waals surface area contributed by atoms with Crippen LogP contribution in [-0.4, -0.2) is 19.2 Å². The van der Waals surface area contributed by atoms with Crippen LogP contribution in [0.1, 0.15) is 52.0 Å². The van der Waals surface area contributed by atoms with Gasteiger partial charge in [-0.2, -0.15) is 0 Å². The van der Waals surface area contributed by atoms with Gasteiger partial charge in [0, 0.05) is 11.1 Å². The van der Waals surface area contributed by atoms with E-state index in [4.69, 9.17) is 4.74 Å². The summed E-state index contributed by atoms with van der Waals surface area (Å²) in [7, 11) is 0. The van der Waals surface area contributed by atoms with Gasteiger partial charge in [-0.1, -0.05) is 37.1 Å². The summed E-state index contributed by atoms with van der Waals surface area (Å²) in [6.07, 6.45) is 7.23. The van der Waals surface area contributed by atoms with Crippen LogP contribution in [0.5, 0.6) is 5.75 Å². The van der Waals surface area contributed by atoms with Gasteiger partial charge in [0.05, 0.1) is 6.61 Å². The highest BCUT2D eigenvalue weighted by molar-refractivity contribution is 5.75. The molecule has 3 heteroatoms. The largest absolute Gasteiger partial charge is 0.494 e. The zero-order valence-electron chi connectivity index (χ0n) is 13.2. The number of ether oxygens (including phenoxy) is 1. The third-order valence-electron chi connectivity index (χ3n) is 3.76. The molecule has 0 unspecified atom stereocenters. The second-order valence-electron chi connectivity index (χ2n) is 5.56. The molecule has 120 valence electrons. The number of aryl methyl sites for hydroxylation is 1. The third kappa shape index (κ3) is 6.07. The Hall–Kier alpha value is -2.42. The molecular weight excluding hydrogens is 288 g/mol. The molecule has 0 fully saturated rings. The Morgan fingerprint density at radius 2 is 1.26 bits per heavy atom. The molecule has 2 aromatic carbocycles. The van der Waals surface area contributed by atoms with Crippen molar-refractivity contribution in [3.63, 3.8) is 0 Å². The van der Waals surface area contributed by atoms with Crippen molar-refractivity contribution in [2.24, 2.45) is 0 Å². The average molecular weight is 310 g/mol. The Morgan fingerprint density at radius 3 is 1.87 bits per heavy atom. The standard InChI is InChI=1S/C20H22O3/c21-15-18-8-6-17(7-9-18)5-3-1-2-4-14-23-20-12-10-19(16-22)11-13-20/h6-13,15-16H,1-5,14H2. The second-order valence-corrected chi connectivity index (χ2v) is 5.56. The monoisotopic (exact) mass is 310 g/mol. The normalized spacial score (nSPS) is 10.3. The number of unbranched alkanes of at least 4 members (excludes halogenated alkanes) is 3. The maximum atomic E-state index is 10.6. The van der Waals surface area contributed by atoms with Crippen LogP contribution in [0.3, 0.4) is 0 Å². The molecule has 0 bridgehead atoms. The van der Waals surface area contributed by atoms with Gasteiger partial charge in [-0.3, -0.25) is 9.59 Å². The van der Waals surface area contributed by atoms with Gasteiger partial charge in [-0.25, -0.2) is 0 Å². The molecule has 3 nitrogen and oxygen atoms in total. The maximum absolute atomic E-state index is 10.6. The lowest BCUT2D eigenvalue weighted by atomic mass is 10.0. The topological polar surface area (TPSA) is 43.4 Å². The number of rotatable bonds is 10. The first-order valence-corrected chi connectivity index (χ1v) is 8.04. The summed E-state index contributed by atoms with van der Waals surface area (Å²) in [6, 6.07) is 15.0. The molecule has 0 N–H and O–H groups in total. The van der Waals surface area contributed by atoms with Crippen LogP contribution in [0.2, 0.25) is 0 Å². The molecule has 0 saturated heterocycles. The molecular formula is C20H22O3. The highest BCUT2D eigenvalue weighted by Gasteiger charge is 1.97. The van der Waals surface area contributed by atoms with E-state index in [9.17, 15) is 9.59 Å². The van der Waals surface area contributed by atoms with E-state index in [1.807, 2.05) is 36.4 Å². The van der Waals surface area contributed by atoms with Gasteiger partial charge in [0.1, 0.15) is 18.3 Å². The van der Waals surface area contributed by atoms with Crippen LogP contribution in [0.25, 0.3) is 0 Å². The smallest absolute Gasteiger partial charge is 0.150 e. The number of carbonyl (C=O) groups excluding carboxylic acids is 2. The number of hydrogen-bond donors (Lipinski definition) is 0. The van der Waals surface area contributed by atoms with E-state index in [2.05, 4.69) is 0 Å². The van der Waals surface area contributed by atoms with E-state index in [1.165, 1.54) is 12.0 Å². The second kappa shape index (κ2) is 9.57. The number of aldehydes is 2. The Kier molecular flexibility index (Phi) is 7.05. The van der Waals surface area contributed by atoms with E-state index < -0.39 is 0 Å². The predicted molar refractivity (Wildman–Crippen MR) is 91.3 cm³/mol. The van der Waals surface area contributed by atoms with Gasteiger partial charge < -0.3 is 4.74 Å². The summed E-state index contributed by atoms with van der Waals surface area (Å²) in [6.45, 7) is 0.703. The fourth-order valence-corrected chi connectivity index (χ4v) is 2.38. The minimum Gasteiger partial charge on any atom is -0.494 e. The van der Waals surface area contributed by atoms with Crippen molar-refractivity contribution in [3.8, 4) is 5.75 Å². The molecule has 0 aliphatic heterocycles. The van der Waals surface area contributed by atoms with Crippen molar-refractivity contribution in [1.29, 1.82) is 0 Å². The first-order chi connectivity index (χ1) is 11.3. The van der Waals surface area contributed by atoms with Crippen molar-refractivity contribution in [3.05, 3.63) is 65.2 Å². The lowest BCUT2D eigenvalue weighted by Crippen LogP contribution is -1.97. The predicted octanol–water partition coefficient (Wildman–Crippen LogP) is 4.49. The highest BCUT2D eigenvalue weighted by atomic mass is 16.5. The zero-order valence-corrected chi connectivity index (χ0v) is 13.2. The van der Waals surface area contributed by atoms with Crippen molar-refractivity contribution >= 4 is 12.6 Å². The minimum absolute atomic E-state index is 0.665. The summed E-state index contributed by atoms with van der Waals surface area (Å²) < 4.78 is 5.65. The molecule has 0 aliphatic rings. The Labute approximate surface area is 137 Å². The summed E-state index contributed by atoms with van der Waals surface area (Å²) in [5, 5.41) is 0. The quantitative estimate of drug-likeness (QED) is 0.479. The Morgan fingerprint density at radius 1 is 0.696 bits per heavy atom. The molecule has 0 radical (unpaired) electrons. The van der Waals surface area contributed by atoms with Crippen LogP contribution >= 0.6 is 0 Å². The van der Waals surface area contributed by atoms with Crippen molar-refractivity contribution < 1.29 is 14.3 Å². The van der Waals surface area contributed by atoms with Gasteiger partial charge in [0.2, 0.25) is 0 Å². The van der Waals surface area contributed by atoms with Gasteiger partial charge in [-0.15, -0.1) is 0 Å². The van der Waals surface area contributed by atoms with E-state index >= 15 is 0 Å². The lowest BCUT2D eigenvalue weighted by Gasteiger charge is -2.06. The fourth-order valence-electron chi connectivity index (χ4n) is 2.38. The Bertz CT molecular complexity index is 544. The van der Waals surface area contributed by atoms with Crippen molar-refractivity contribution in [2.45, 2.75) is 32.1 Å². The van der Waals surface area contributed by atoms with Gasteiger partial charge in [0.15, 0.2) is 0 Å². The summed E-state index contributed by atoms with van der Waals surface area (Å²) in [4.78, 5) is 21.1. The molecule has 2 aromatic rings. The van der Waals surface area contributed by atoms with E-state index in [0.29, 0.717) is 12.2 Å². The fraction of sp³-hybridized carbons (Fsp3) is 0.300. The van der Waals surface area contributed by atoms with Gasteiger partial charge in [-0.05, 0) is 49.1 Å². The van der Waals surface area contributed by atoms with Gasteiger partial charge in [0.25, 0.3) is 0 Å². The SMILES string of the molecule is O=Cc1ccc(CCCCCCOc2ccc(C=O)cc2)cc1. The maximum Gasteiger partial charge on any atom is 0.150 e. The Balaban J connectivity index is 1.54. The van der Waals surface area contributed by atoms with E-state index in [1.54, 1.807) is 12.1 Å². The molecule has 0 heterocycles. The molecule has 0 aromatic heterocycles. The lowest BCUT2D eigenvalue weighted by molar-refractivity contribution is 0.111. The summed E-state index contributed by atoms with van der Waals surface area (Å²) >= 11 is 0. The highest BCUT2D eigenvalue weighted by Crippen LogP contribution is 2.13. The summed E-state index contributed by atoms with van der Waals surface area (Å²) in [5.41, 5.74) is 2.67. The molecule has 2 rings (SSSR count). The number of carbonyl (C=O) groups is 2. The van der Waals surface area contributed by atoms with Crippen LogP contribution in [0.15, 0.2) is 48.5 Å². The number of benzene rings is 2. The van der Waals surface area contributed by atoms with E-state index in [0.717, 1.165) is 49.6 Å². The molecule has 0 amide bonds. The van der Waals surface area contributed by atoms with Crippen LogP contribution < -0.4 is 4.74 Å². The minimum atomic E-state index is 0.665. The molecule has 0 saturated carbocycles. The summed E-state index contributed by atoms with van der Waals surface area (Å²) in [5.74, 6) is 0.811. The van der Waals surface area contributed by atoms with Crippen LogP contribution in [-0.2, 0) is 6.42 Å². The molecule has 23 heavy (non-hydrogen) atoms. The zero-order chi connectivity index (χ0) is 16.3. The van der Waals surface area contributed by atoms with E-state index in [-0.39, 0.29) is 0 Å². The first kappa shape index (κ1) is 16.9. The molecule has 0 atom stereocenters. The van der Waals surface area contributed by atoms with Gasteiger partial charge >= 0.3 is 0 Å². The van der Waals surface area contributed by atoms with Crippen LogP contribution in [0, 0.1) is 0 Å². The van der Waals surface area contributed by atoms with Crippen molar-refractivity contribution in [2.75, 3.05) is 6.61 Å². The molecule has 0 aliphatic carbocycles.